The van der Waals surface area contributed by atoms with Gasteiger partial charge in [-0.3, -0.25) is 0 Å². The van der Waals surface area contributed by atoms with Crippen LogP contribution < -0.4 is 5.32 Å². The molecule has 1 heterocycles. The van der Waals surface area contributed by atoms with Crippen LogP contribution in [0.3, 0.4) is 0 Å². The molecular formula is C11H13FN2O. The van der Waals surface area contributed by atoms with Gasteiger partial charge in [0.25, 0.3) is 0 Å². The fourth-order valence-corrected chi connectivity index (χ4v) is 1.07. The summed E-state index contributed by atoms with van der Waals surface area (Å²) in [5.41, 5.74) is 0.0949. The van der Waals surface area contributed by atoms with Crippen molar-refractivity contribution < 1.29 is 9.13 Å². The molecule has 0 saturated carbocycles. The summed E-state index contributed by atoms with van der Waals surface area (Å²) < 4.78 is 17.4. The molecule has 0 radical (unpaired) electrons. The fraction of sp³-hybridized carbons (Fsp3) is 0.364. The highest BCUT2D eigenvalue weighted by Gasteiger charge is 1.94. The predicted octanol–water partition coefficient (Wildman–Crippen LogP) is 1.30. The number of hydrogen-bond acceptors (Lipinski definition) is 3. The third-order valence-electron chi connectivity index (χ3n) is 1.84. The molecule has 80 valence electrons. The normalized spacial score (nSPS) is 14.7. The number of nitriles is 1. The van der Waals surface area contributed by atoms with Crippen molar-refractivity contribution in [3.63, 3.8) is 0 Å². The lowest BCUT2D eigenvalue weighted by Crippen LogP contribution is -2.30. The number of halogens is 1. The van der Waals surface area contributed by atoms with Crippen molar-refractivity contribution in [1.82, 2.24) is 5.32 Å². The van der Waals surface area contributed by atoms with E-state index in [1.165, 1.54) is 12.1 Å². The molecule has 1 fully saturated rings. The van der Waals surface area contributed by atoms with Gasteiger partial charge in [-0.25, -0.2) is 4.39 Å². The summed E-state index contributed by atoms with van der Waals surface area (Å²) in [6, 6.07) is 7.60. The summed E-state index contributed by atoms with van der Waals surface area (Å²) in [5.74, 6) is -0.458. The molecule has 2 rings (SSSR count). The van der Waals surface area contributed by atoms with Crippen LogP contribution in [0.4, 0.5) is 4.39 Å². The van der Waals surface area contributed by atoms with E-state index < -0.39 is 5.82 Å². The van der Waals surface area contributed by atoms with Gasteiger partial charge in [0.2, 0.25) is 0 Å². The molecule has 15 heavy (non-hydrogen) atoms. The Morgan fingerprint density at radius 2 is 1.93 bits per heavy atom. The fourth-order valence-electron chi connectivity index (χ4n) is 1.07. The Kier molecular flexibility index (Phi) is 5.38. The molecule has 1 N–H and O–H groups in total. The minimum atomic E-state index is -0.458. The molecule has 3 nitrogen and oxygen atoms in total. The topological polar surface area (TPSA) is 45.0 Å². The molecule has 0 aliphatic carbocycles. The van der Waals surface area contributed by atoms with Gasteiger partial charge in [-0.2, -0.15) is 5.26 Å². The lowest BCUT2D eigenvalue weighted by Gasteiger charge is -2.10. The lowest BCUT2D eigenvalue weighted by atomic mass is 10.2. The molecule has 0 amide bonds. The number of rotatable bonds is 0. The van der Waals surface area contributed by atoms with Crippen LogP contribution in [0.1, 0.15) is 5.56 Å². The standard InChI is InChI=1S/C7H4FN.C4H9NO/c8-7-4-2-1-3-6(7)5-9;1-3-6-4-2-5-1/h1-4H;5H,1-4H2. The zero-order valence-electron chi connectivity index (χ0n) is 8.37. The number of ether oxygens (including phenoxy) is 1. The first-order valence-corrected chi connectivity index (χ1v) is 4.77. The minimum absolute atomic E-state index is 0.0949. The van der Waals surface area contributed by atoms with Crippen molar-refractivity contribution in [2.45, 2.75) is 0 Å². The maximum atomic E-state index is 12.4. The van der Waals surface area contributed by atoms with Crippen LogP contribution in [0.5, 0.6) is 0 Å². The highest BCUT2D eigenvalue weighted by atomic mass is 19.1. The van der Waals surface area contributed by atoms with Gasteiger partial charge in [0.05, 0.1) is 18.8 Å². The first-order valence-electron chi connectivity index (χ1n) is 4.77. The average molecular weight is 208 g/mol. The first-order chi connectivity index (χ1) is 7.34. The second-order valence-electron chi connectivity index (χ2n) is 2.95. The molecule has 0 atom stereocenters. The number of hydrogen-bond donors (Lipinski definition) is 1. The Hall–Kier alpha value is -1.44. The molecule has 0 aromatic heterocycles. The third-order valence-corrected chi connectivity index (χ3v) is 1.84. The van der Waals surface area contributed by atoms with Crippen molar-refractivity contribution >= 4 is 0 Å². The zero-order valence-corrected chi connectivity index (χ0v) is 8.37. The summed E-state index contributed by atoms with van der Waals surface area (Å²) in [4.78, 5) is 0. The minimum Gasteiger partial charge on any atom is -0.379 e. The first kappa shape index (κ1) is 11.6. The van der Waals surface area contributed by atoms with E-state index in [1.54, 1.807) is 18.2 Å². The summed E-state index contributed by atoms with van der Waals surface area (Å²) in [6.45, 7) is 3.83. The van der Waals surface area contributed by atoms with Crippen molar-refractivity contribution in [2.75, 3.05) is 26.3 Å². The SMILES string of the molecule is C1COCCN1.N#Cc1ccccc1F. The molecule has 4 heteroatoms. The summed E-state index contributed by atoms with van der Waals surface area (Å²) in [6.07, 6.45) is 0. The van der Waals surface area contributed by atoms with E-state index in [0.29, 0.717) is 0 Å². The predicted molar refractivity (Wildman–Crippen MR) is 54.8 cm³/mol. The van der Waals surface area contributed by atoms with Gasteiger partial charge in [0.1, 0.15) is 11.9 Å². The van der Waals surface area contributed by atoms with Crippen molar-refractivity contribution in [3.8, 4) is 6.07 Å². The Bertz CT molecular complexity index is 320. The molecular weight excluding hydrogens is 195 g/mol. The van der Waals surface area contributed by atoms with Crippen LogP contribution in [0.25, 0.3) is 0 Å². The van der Waals surface area contributed by atoms with E-state index in [-0.39, 0.29) is 5.56 Å². The lowest BCUT2D eigenvalue weighted by molar-refractivity contribution is 0.109. The molecule has 1 aromatic carbocycles. The highest BCUT2D eigenvalue weighted by molar-refractivity contribution is 5.29. The second-order valence-corrected chi connectivity index (χ2v) is 2.95. The summed E-state index contributed by atoms with van der Waals surface area (Å²) in [7, 11) is 0. The maximum Gasteiger partial charge on any atom is 0.140 e. The Morgan fingerprint density at radius 3 is 2.27 bits per heavy atom. The van der Waals surface area contributed by atoms with Crippen LogP contribution in [0.2, 0.25) is 0 Å². The van der Waals surface area contributed by atoms with Gasteiger partial charge in [0, 0.05) is 13.1 Å². The van der Waals surface area contributed by atoms with Gasteiger partial charge >= 0.3 is 0 Å². The number of benzene rings is 1. The van der Waals surface area contributed by atoms with E-state index in [9.17, 15) is 4.39 Å². The molecule has 0 unspecified atom stereocenters. The average Bonchev–Trinajstić information content (AvgIpc) is 2.33. The van der Waals surface area contributed by atoms with Gasteiger partial charge in [-0.15, -0.1) is 0 Å². The van der Waals surface area contributed by atoms with E-state index in [0.717, 1.165) is 26.3 Å². The van der Waals surface area contributed by atoms with Crippen LogP contribution in [-0.4, -0.2) is 26.3 Å². The van der Waals surface area contributed by atoms with Crippen molar-refractivity contribution in [1.29, 1.82) is 5.26 Å². The van der Waals surface area contributed by atoms with E-state index in [1.807, 2.05) is 0 Å². The van der Waals surface area contributed by atoms with Crippen LogP contribution in [0.15, 0.2) is 24.3 Å². The number of morpholine rings is 1. The molecule has 0 spiro atoms. The maximum absolute atomic E-state index is 12.4. The van der Waals surface area contributed by atoms with Crippen LogP contribution in [-0.2, 0) is 4.74 Å². The van der Waals surface area contributed by atoms with Gasteiger partial charge < -0.3 is 10.1 Å². The highest BCUT2D eigenvalue weighted by Crippen LogP contribution is 2.02. The molecule has 0 bridgehead atoms. The van der Waals surface area contributed by atoms with Crippen LogP contribution in [0, 0.1) is 17.1 Å². The Balaban J connectivity index is 0.000000162. The van der Waals surface area contributed by atoms with Crippen molar-refractivity contribution in [2.24, 2.45) is 0 Å². The Morgan fingerprint density at radius 1 is 1.27 bits per heavy atom. The summed E-state index contributed by atoms with van der Waals surface area (Å²) in [5, 5.41) is 11.4. The van der Waals surface area contributed by atoms with E-state index in [2.05, 4.69) is 5.32 Å². The van der Waals surface area contributed by atoms with Crippen molar-refractivity contribution in [3.05, 3.63) is 35.6 Å². The zero-order chi connectivity index (χ0) is 10.9. The van der Waals surface area contributed by atoms with Crippen LogP contribution >= 0.6 is 0 Å². The van der Waals surface area contributed by atoms with E-state index in [4.69, 9.17) is 10.00 Å². The quantitative estimate of drug-likeness (QED) is 0.699. The van der Waals surface area contributed by atoms with Gasteiger partial charge in [0.15, 0.2) is 0 Å². The third kappa shape index (κ3) is 4.54. The molecule has 1 saturated heterocycles. The second kappa shape index (κ2) is 6.93. The number of nitrogens with zero attached hydrogens (tertiary/aromatic N) is 1. The number of nitrogens with one attached hydrogen (secondary N) is 1. The Labute approximate surface area is 88.5 Å². The largest absolute Gasteiger partial charge is 0.379 e. The molecule has 1 aromatic rings. The monoisotopic (exact) mass is 208 g/mol. The molecule has 1 aliphatic rings. The van der Waals surface area contributed by atoms with E-state index >= 15 is 0 Å². The van der Waals surface area contributed by atoms with Gasteiger partial charge in [-0.1, -0.05) is 12.1 Å². The molecule has 1 aliphatic heterocycles. The van der Waals surface area contributed by atoms with Gasteiger partial charge in [-0.05, 0) is 12.1 Å². The summed E-state index contributed by atoms with van der Waals surface area (Å²) >= 11 is 0. The smallest absolute Gasteiger partial charge is 0.140 e.